The van der Waals surface area contributed by atoms with Gasteiger partial charge in [-0.05, 0) is 24.6 Å². The molecule has 0 unspecified atom stereocenters. The first-order chi connectivity index (χ1) is 10.2. The highest BCUT2D eigenvalue weighted by atomic mass is 19.1. The topological polar surface area (TPSA) is 50.7 Å². The molecule has 0 bridgehead atoms. The van der Waals surface area contributed by atoms with E-state index in [4.69, 9.17) is 4.74 Å². The van der Waals surface area contributed by atoms with Crippen molar-refractivity contribution in [3.05, 3.63) is 65.5 Å². The maximum Gasteiger partial charge on any atom is 0.277 e. The highest BCUT2D eigenvalue weighted by Gasteiger charge is 2.03. The monoisotopic (exact) mass is 286 g/mol. The standard InChI is InChI=1S/C16H15FN2O2/c1-12-6-2-5-9-15(12)21-11-16(20)19-18-10-13-7-3-4-8-14(13)17/h2-10H,11H2,1H3,(H,19,20). The van der Waals surface area contributed by atoms with E-state index in [1.54, 1.807) is 24.3 Å². The second-order valence-electron chi connectivity index (χ2n) is 4.37. The lowest BCUT2D eigenvalue weighted by Gasteiger charge is -2.07. The first kappa shape index (κ1) is 14.7. The van der Waals surface area contributed by atoms with Crippen LogP contribution in [0, 0.1) is 12.7 Å². The van der Waals surface area contributed by atoms with Crippen molar-refractivity contribution in [2.24, 2.45) is 5.10 Å². The van der Waals surface area contributed by atoms with Gasteiger partial charge in [0.15, 0.2) is 6.61 Å². The number of carbonyl (C=O) groups excluding carboxylic acids is 1. The summed E-state index contributed by atoms with van der Waals surface area (Å²) in [6.45, 7) is 1.74. The summed E-state index contributed by atoms with van der Waals surface area (Å²) >= 11 is 0. The number of nitrogens with one attached hydrogen (secondary N) is 1. The molecule has 2 aromatic rings. The summed E-state index contributed by atoms with van der Waals surface area (Å²) in [7, 11) is 0. The van der Waals surface area contributed by atoms with Gasteiger partial charge in [-0.25, -0.2) is 9.82 Å². The number of hydrazone groups is 1. The third kappa shape index (κ3) is 4.42. The van der Waals surface area contributed by atoms with E-state index in [0.717, 1.165) is 5.56 Å². The normalized spacial score (nSPS) is 10.6. The average Bonchev–Trinajstić information content (AvgIpc) is 2.48. The molecule has 0 aromatic heterocycles. The molecule has 0 aliphatic heterocycles. The lowest BCUT2D eigenvalue weighted by atomic mass is 10.2. The molecule has 0 aliphatic carbocycles. The third-order valence-corrected chi connectivity index (χ3v) is 2.75. The Hall–Kier alpha value is -2.69. The molecule has 0 radical (unpaired) electrons. The quantitative estimate of drug-likeness (QED) is 0.678. The summed E-state index contributed by atoms with van der Waals surface area (Å²) in [6.07, 6.45) is 1.25. The Balaban J connectivity index is 1.83. The number of halogens is 1. The van der Waals surface area contributed by atoms with Crippen molar-refractivity contribution < 1.29 is 13.9 Å². The van der Waals surface area contributed by atoms with Gasteiger partial charge < -0.3 is 4.74 Å². The molecule has 2 aromatic carbocycles. The molecule has 1 N–H and O–H groups in total. The molecule has 0 saturated heterocycles. The number of nitrogens with zero attached hydrogens (tertiary/aromatic N) is 1. The molecule has 5 heteroatoms. The summed E-state index contributed by atoms with van der Waals surface area (Å²) in [4.78, 5) is 11.6. The van der Waals surface area contributed by atoms with Gasteiger partial charge in [0.25, 0.3) is 5.91 Å². The lowest BCUT2D eigenvalue weighted by molar-refractivity contribution is -0.123. The van der Waals surface area contributed by atoms with Gasteiger partial charge in [-0.2, -0.15) is 5.10 Å². The lowest BCUT2D eigenvalue weighted by Crippen LogP contribution is -2.24. The molecule has 108 valence electrons. The minimum absolute atomic E-state index is 0.153. The summed E-state index contributed by atoms with van der Waals surface area (Å²) in [5.41, 5.74) is 3.53. The van der Waals surface area contributed by atoms with Crippen LogP contribution in [0.1, 0.15) is 11.1 Å². The van der Waals surface area contributed by atoms with Crippen molar-refractivity contribution in [3.8, 4) is 5.75 Å². The molecule has 0 heterocycles. The second kappa shape index (κ2) is 7.19. The zero-order valence-corrected chi connectivity index (χ0v) is 11.5. The van der Waals surface area contributed by atoms with Crippen molar-refractivity contribution in [1.29, 1.82) is 0 Å². The fraction of sp³-hybridized carbons (Fsp3) is 0.125. The van der Waals surface area contributed by atoms with Crippen molar-refractivity contribution in [2.75, 3.05) is 6.61 Å². The van der Waals surface area contributed by atoms with Gasteiger partial charge in [0.2, 0.25) is 0 Å². The van der Waals surface area contributed by atoms with Crippen LogP contribution in [-0.2, 0) is 4.79 Å². The van der Waals surface area contributed by atoms with Crippen molar-refractivity contribution in [3.63, 3.8) is 0 Å². The van der Waals surface area contributed by atoms with Crippen molar-refractivity contribution >= 4 is 12.1 Å². The van der Waals surface area contributed by atoms with Crippen LogP contribution in [0.4, 0.5) is 4.39 Å². The van der Waals surface area contributed by atoms with Gasteiger partial charge in [0.1, 0.15) is 11.6 Å². The first-order valence-electron chi connectivity index (χ1n) is 6.41. The zero-order chi connectivity index (χ0) is 15.1. The smallest absolute Gasteiger partial charge is 0.277 e. The van der Waals surface area contributed by atoms with Crippen LogP contribution in [-0.4, -0.2) is 18.7 Å². The van der Waals surface area contributed by atoms with Gasteiger partial charge in [-0.1, -0.05) is 36.4 Å². The predicted molar refractivity (Wildman–Crippen MR) is 78.8 cm³/mol. The molecule has 0 atom stereocenters. The summed E-state index contributed by atoms with van der Waals surface area (Å²) < 4.78 is 18.7. The molecular weight excluding hydrogens is 271 g/mol. The molecular formula is C16H15FN2O2. The van der Waals surface area contributed by atoms with E-state index < -0.39 is 11.7 Å². The maximum absolute atomic E-state index is 13.3. The number of amides is 1. The third-order valence-electron chi connectivity index (χ3n) is 2.75. The van der Waals surface area contributed by atoms with Gasteiger partial charge >= 0.3 is 0 Å². The van der Waals surface area contributed by atoms with E-state index >= 15 is 0 Å². The van der Waals surface area contributed by atoms with Crippen LogP contribution >= 0.6 is 0 Å². The number of hydrogen-bond acceptors (Lipinski definition) is 3. The minimum atomic E-state index is -0.411. The van der Waals surface area contributed by atoms with Gasteiger partial charge in [0.05, 0.1) is 6.21 Å². The maximum atomic E-state index is 13.3. The molecule has 1 amide bonds. The van der Waals surface area contributed by atoms with Crippen LogP contribution in [0.15, 0.2) is 53.6 Å². The summed E-state index contributed by atoms with van der Waals surface area (Å²) in [5, 5.41) is 3.69. The molecule has 0 aliphatic rings. The Kier molecular flexibility index (Phi) is 5.04. The molecule has 0 saturated carbocycles. The number of carbonyl (C=O) groups is 1. The Morgan fingerprint density at radius 3 is 2.71 bits per heavy atom. The largest absolute Gasteiger partial charge is 0.483 e. The Labute approximate surface area is 122 Å². The van der Waals surface area contributed by atoms with Crippen LogP contribution in [0.3, 0.4) is 0 Å². The zero-order valence-electron chi connectivity index (χ0n) is 11.5. The Bertz CT molecular complexity index is 656. The number of rotatable bonds is 5. The van der Waals surface area contributed by atoms with Crippen LogP contribution in [0.25, 0.3) is 0 Å². The van der Waals surface area contributed by atoms with Crippen molar-refractivity contribution in [1.82, 2.24) is 5.43 Å². The number of para-hydroxylation sites is 1. The number of aryl methyl sites for hydroxylation is 1. The predicted octanol–water partition coefficient (Wildman–Crippen LogP) is 2.66. The highest BCUT2D eigenvalue weighted by molar-refractivity contribution is 5.83. The molecule has 21 heavy (non-hydrogen) atoms. The fourth-order valence-electron chi connectivity index (χ4n) is 1.65. The van der Waals surface area contributed by atoms with E-state index in [-0.39, 0.29) is 6.61 Å². The summed E-state index contributed by atoms with van der Waals surface area (Å²) in [6, 6.07) is 13.6. The second-order valence-corrected chi connectivity index (χ2v) is 4.37. The van der Waals surface area contributed by atoms with E-state index in [9.17, 15) is 9.18 Å². The van der Waals surface area contributed by atoms with Crippen molar-refractivity contribution in [2.45, 2.75) is 6.92 Å². The van der Waals surface area contributed by atoms with E-state index in [1.165, 1.54) is 12.3 Å². The molecule has 2 rings (SSSR count). The van der Waals surface area contributed by atoms with Crippen LogP contribution in [0.5, 0.6) is 5.75 Å². The van der Waals surface area contributed by atoms with Crippen LogP contribution in [0.2, 0.25) is 0 Å². The molecule has 0 fully saturated rings. The fourth-order valence-corrected chi connectivity index (χ4v) is 1.65. The van der Waals surface area contributed by atoms with Gasteiger partial charge in [0, 0.05) is 5.56 Å². The molecule has 0 spiro atoms. The van der Waals surface area contributed by atoms with Crippen LogP contribution < -0.4 is 10.2 Å². The Morgan fingerprint density at radius 1 is 1.24 bits per heavy atom. The average molecular weight is 286 g/mol. The summed E-state index contributed by atoms with van der Waals surface area (Å²) in [5.74, 6) is -0.164. The highest BCUT2D eigenvalue weighted by Crippen LogP contribution is 2.15. The number of hydrogen-bond donors (Lipinski definition) is 1. The number of benzene rings is 2. The minimum Gasteiger partial charge on any atom is -0.483 e. The first-order valence-corrected chi connectivity index (χ1v) is 6.41. The van der Waals surface area contributed by atoms with E-state index in [0.29, 0.717) is 11.3 Å². The Morgan fingerprint density at radius 2 is 1.95 bits per heavy atom. The van der Waals surface area contributed by atoms with E-state index in [1.807, 2.05) is 25.1 Å². The molecule has 4 nitrogen and oxygen atoms in total. The van der Waals surface area contributed by atoms with E-state index in [2.05, 4.69) is 10.5 Å². The SMILES string of the molecule is Cc1ccccc1OCC(=O)NN=Cc1ccccc1F. The van der Waals surface area contributed by atoms with Gasteiger partial charge in [-0.3, -0.25) is 4.79 Å². The van der Waals surface area contributed by atoms with Gasteiger partial charge in [-0.15, -0.1) is 0 Å². The number of ether oxygens (including phenoxy) is 1.